The van der Waals surface area contributed by atoms with Crippen LogP contribution in [0.4, 0.5) is 11.4 Å². The van der Waals surface area contributed by atoms with Crippen LogP contribution in [0.2, 0.25) is 0 Å². The average Bonchev–Trinajstić information content (AvgIpc) is 3.15. The van der Waals surface area contributed by atoms with Crippen LogP contribution in [-0.4, -0.2) is 42.8 Å². The Labute approximate surface area is 161 Å². The third-order valence-corrected chi connectivity index (χ3v) is 5.00. The molecule has 2 heterocycles. The summed E-state index contributed by atoms with van der Waals surface area (Å²) in [6.07, 6.45) is 0.747. The maximum atomic E-state index is 12.6. The largest absolute Gasteiger partial charge is 0.454 e. The number of carbonyl (C=O) groups is 4. The first-order valence-electron chi connectivity index (χ1n) is 8.98. The van der Waals surface area contributed by atoms with E-state index in [2.05, 4.69) is 0 Å². The van der Waals surface area contributed by atoms with Crippen LogP contribution >= 0.6 is 0 Å². The Morgan fingerprint density at radius 2 is 1.71 bits per heavy atom. The number of para-hydroxylation sites is 2. The van der Waals surface area contributed by atoms with E-state index in [1.54, 1.807) is 23.1 Å². The smallest absolute Gasteiger partial charge is 0.326 e. The van der Waals surface area contributed by atoms with Gasteiger partial charge in [0.15, 0.2) is 6.61 Å². The Morgan fingerprint density at radius 3 is 2.50 bits per heavy atom. The molecule has 4 rings (SSSR count). The molecule has 0 spiro atoms. The molecule has 2 aromatic carbocycles. The lowest BCUT2D eigenvalue weighted by molar-refractivity contribution is -0.146. The van der Waals surface area contributed by atoms with E-state index < -0.39 is 30.8 Å². The highest BCUT2D eigenvalue weighted by molar-refractivity contribution is 6.52. The second kappa shape index (κ2) is 6.92. The van der Waals surface area contributed by atoms with E-state index in [-0.39, 0.29) is 17.5 Å². The molecule has 7 heteroatoms. The van der Waals surface area contributed by atoms with Crippen LogP contribution in [0.1, 0.15) is 22.8 Å². The van der Waals surface area contributed by atoms with E-state index in [4.69, 9.17) is 4.74 Å². The highest BCUT2D eigenvalue weighted by atomic mass is 16.5. The number of amides is 2. The fourth-order valence-corrected chi connectivity index (χ4v) is 3.74. The number of ether oxygens (including phenoxy) is 1. The van der Waals surface area contributed by atoms with Crippen molar-refractivity contribution in [3.63, 3.8) is 0 Å². The van der Waals surface area contributed by atoms with Crippen molar-refractivity contribution >= 4 is 34.9 Å². The van der Waals surface area contributed by atoms with Gasteiger partial charge in [0.25, 0.3) is 17.6 Å². The van der Waals surface area contributed by atoms with Gasteiger partial charge in [-0.25, -0.2) is 0 Å². The number of nitrogens with zero attached hydrogens (tertiary/aromatic N) is 2. The number of carbonyl (C=O) groups excluding carboxylic acids is 4. The van der Waals surface area contributed by atoms with Crippen LogP contribution in [-0.2, 0) is 25.5 Å². The number of hydrogen-bond donors (Lipinski definition) is 0. The molecule has 0 saturated carbocycles. The molecule has 0 N–H and O–H groups in total. The van der Waals surface area contributed by atoms with E-state index in [1.165, 1.54) is 6.07 Å². The normalized spacial score (nSPS) is 17.5. The van der Waals surface area contributed by atoms with Crippen LogP contribution in [0.25, 0.3) is 0 Å². The first-order chi connectivity index (χ1) is 13.5. The van der Waals surface area contributed by atoms with E-state index in [0.29, 0.717) is 5.69 Å². The van der Waals surface area contributed by atoms with E-state index in [9.17, 15) is 19.2 Å². The Morgan fingerprint density at radius 1 is 1.04 bits per heavy atom. The summed E-state index contributed by atoms with van der Waals surface area (Å²) in [5, 5.41) is 0. The quantitative estimate of drug-likeness (QED) is 0.598. The summed E-state index contributed by atoms with van der Waals surface area (Å²) >= 11 is 0. The van der Waals surface area contributed by atoms with Crippen molar-refractivity contribution in [2.75, 3.05) is 23.0 Å². The summed E-state index contributed by atoms with van der Waals surface area (Å²) in [5.74, 6) is -2.49. The van der Waals surface area contributed by atoms with Gasteiger partial charge in [0.2, 0.25) is 0 Å². The maximum absolute atomic E-state index is 12.6. The molecule has 142 valence electrons. The van der Waals surface area contributed by atoms with E-state index in [0.717, 1.165) is 22.6 Å². The van der Waals surface area contributed by atoms with Crippen molar-refractivity contribution < 1.29 is 23.9 Å². The van der Waals surface area contributed by atoms with Crippen molar-refractivity contribution in [1.29, 1.82) is 0 Å². The highest BCUT2D eigenvalue weighted by Crippen LogP contribution is 2.32. The number of anilines is 2. The molecule has 2 aromatic rings. The Balaban J connectivity index is 1.40. The first kappa shape index (κ1) is 17.9. The fraction of sp³-hybridized carbons (Fsp3) is 0.238. The molecule has 0 bridgehead atoms. The molecule has 28 heavy (non-hydrogen) atoms. The minimum atomic E-state index is -0.772. The zero-order valence-electron chi connectivity index (χ0n) is 15.3. The number of hydrogen-bond acceptors (Lipinski definition) is 5. The van der Waals surface area contributed by atoms with Gasteiger partial charge < -0.3 is 9.64 Å². The second-order valence-corrected chi connectivity index (χ2v) is 6.84. The monoisotopic (exact) mass is 378 g/mol. The van der Waals surface area contributed by atoms with Gasteiger partial charge in [-0.3, -0.25) is 24.1 Å². The fourth-order valence-electron chi connectivity index (χ4n) is 3.74. The summed E-state index contributed by atoms with van der Waals surface area (Å²) in [6, 6.07) is 14.1. The molecule has 0 aromatic heterocycles. The number of ketones is 1. The van der Waals surface area contributed by atoms with E-state index in [1.807, 2.05) is 31.2 Å². The Hall–Kier alpha value is -3.48. The van der Waals surface area contributed by atoms with Crippen LogP contribution in [0.5, 0.6) is 0 Å². The molecule has 2 amide bonds. The molecule has 0 saturated heterocycles. The van der Waals surface area contributed by atoms with Crippen molar-refractivity contribution in [3.05, 3.63) is 59.7 Å². The molecule has 0 radical (unpaired) electrons. The summed E-state index contributed by atoms with van der Waals surface area (Å²) in [4.78, 5) is 51.6. The van der Waals surface area contributed by atoms with Gasteiger partial charge in [-0.1, -0.05) is 30.3 Å². The Kier molecular flexibility index (Phi) is 4.43. The molecular formula is C21H18N2O5. The molecular weight excluding hydrogens is 360 g/mol. The van der Waals surface area contributed by atoms with Gasteiger partial charge in [0, 0.05) is 11.7 Å². The highest BCUT2D eigenvalue weighted by Gasteiger charge is 2.37. The number of benzene rings is 2. The van der Waals surface area contributed by atoms with Crippen molar-refractivity contribution in [2.24, 2.45) is 0 Å². The van der Waals surface area contributed by atoms with Crippen molar-refractivity contribution in [3.8, 4) is 0 Å². The van der Waals surface area contributed by atoms with Crippen LogP contribution < -0.4 is 9.80 Å². The SMILES string of the molecule is C[C@@H]1Cc2ccccc2N1C(=O)COC(=O)CN1C(=O)C(=O)c2ccccc21. The lowest BCUT2D eigenvalue weighted by atomic mass is 10.1. The van der Waals surface area contributed by atoms with Crippen molar-refractivity contribution in [1.82, 2.24) is 0 Å². The first-order valence-corrected chi connectivity index (χ1v) is 8.98. The number of fused-ring (bicyclic) bond motifs is 2. The molecule has 7 nitrogen and oxygen atoms in total. The minimum Gasteiger partial charge on any atom is -0.454 e. The standard InChI is InChI=1S/C21H18N2O5/c1-13-10-14-6-2-4-8-16(14)23(13)18(24)12-28-19(25)11-22-17-9-5-3-7-15(17)20(26)21(22)27/h2-9,13H,10-12H2,1H3/t13-/m1/s1. The predicted octanol–water partition coefficient (Wildman–Crippen LogP) is 1.74. The van der Waals surface area contributed by atoms with Gasteiger partial charge in [0.05, 0.1) is 11.3 Å². The molecule has 0 unspecified atom stereocenters. The third kappa shape index (κ3) is 2.94. The molecule has 0 fully saturated rings. The van der Waals surface area contributed by atoms with Crippen molar-refractivity contribution in [2.45, 2.75) is 19.4 Å². The average molecular weight is 378 g/mol. The molecule has 1 atom stereocenters. The zero-order chi connectivity index (χ0) is 19.8. The van der Waals surface area contributed by atoms with Gasteiger partial charge in [0.1, 0.15) is 6.54 Å². The molecule has 0 aliphatic carbocycles. The molecule has 2 aliphatic heterocycles. The Bertz CT molecular complexity index is 1000. The lowest BCUT2D eigenvalue weighted by Gasteiger charge is -2.23. The van der Waals surface area contributed by atoms with Crippen LogP contribution in [0.3, 0.4) is 0 Å². The summed E-state index contributed by atoms with van der Waals surface area (Å²) in [5.41, 5.74) is 2.54. The van der Waals surface area contributed by atoms with Gasteiger partial charge in [-0.15, -0.1) is 0 Å². The lowest BCUT2D eigenvalue weighted by Crippen LogP contribution is -2.40. The zero-order valence-corrected chi connectivity index (χ0v) is 15.3. The van der Waals surface area contributed by atoms with Crippen LogP contribution in [0.15, 0.2) is 48.5 Å². The summed E-state index contributed by atoms with van der Waals surface area (Å²) < 4.78 is 5.10. The van der Waals surface area contributed by atoms with Gasteiger partial charge in [-0.05, 0) is 37.1 Å². The number of Topliss-reactive ketones (excluding diaryl/α,β-unsaturated/α-hetero) is 1. The van der Waals surface area contributed by atoms with Gasteiger partial charge >= 0.3 is 5.97 Å². The second-order valence-electron chi connectivity index (χ2n) is 6.84. The molecule has 2 aliphatic rings. The maximum Gasteiger partial charge on any atom is 0.326 e. The van der Waals surface area contributed by atoms with Crippen LogP contribution in [0, 0.1) is 0 Å². The topological polar surface area (TPSA) is 84.0 Å². The summed E-state index contributed by atoms with van der Waals surface area (Å²) in [6.45, 7) is 1.10. The van der Waals surface area contributed by atoms with E-state index >= 15 is 0 Å². The number of esters is 1. The predicted molar refractivity (Wildman–Crippen MR) is 101 cm³/mol. The summed E-state index contributed by atoms with van der Waals surface area (Å²) in [7, 11) is 0. The van der Waals surface area contributed by atoms with Gasteiger partial charge in [-0.2, -0.15) is 0 Å². The number of rotatable bonds is 4. The third-order valence-electron chi connectivity index (χ3n) is 5.00. The minimum absolute atomic E-state index is 0.0201.